The van der Waals surface area contributed by atoms with Gasteiger partial charge in [-0.1, -0.05) is 97.1 Å². The molecule has 1 saturated heterocycles. The molecule has 24 nitrogen and oxygen atoms in total. The van der Waals surface area contributed by atoms with E-state index in [0.717, 1.165) is 0 Å². The summed E-state index contributed by atoms with van der Waals surface area (Å²) in [5.74, 6) is -4.32. The second-order valence-corrected chi connectivity index (χ2v) is 25.2. The molecule has 2 rings (SSSR count). The molecule has 512 valence electrons. The lowest BCUT2D eigenvalue weighted by Crippen LogP contribution is -2.60. The molecule has 0 aliphatic carbocycles. The maximum atomic E-state index is 13.6. The molecule has 0 spiro atoms. The zero-order chi connectivity index (χ0) is 66.7. The summed E-state index contributed by atoms with van der Waals surface area (Å²) in [6, 6.07) is 0. The van der Waals surface area contributed by atoms with Gasteiger partial charge in [-0.25, -0.2) is 4.79 Å². The number of rotatable bonds is 9. The second kappa shape index (κ2) is 41.3. The Labute approximate surface area is 521 Å². The number of aliphatic imine (C=N–C) groups is 1. The molecule has 0 unspecified atom stereocenters. The van der Waals surface area contributed by atoms with E-state index < -0.39 is 183 Å². The first-order chi connectivity index (χ1) is 41.3. The highest BCUT2D eigenvalue weighted by molar-refractivity contribution is 5.87. The van der Waals surface area contributed by atoms with Gasteiger partial charge in [0.25, 0.3) is 0 Å². The van der Waals surface area contributed by atoms with Gasteiger partial charge in [0.15, 0.2) is 12.2 Å². The molecule has 88 heavy (non-hydrogen) atoms. The molecular weight excluding hydrogens is 1150 g/mol. The van der Waals surface area contributed by atoms with Crippen LogP contribution in [-0.2, 0) is 19.0 Å². The molecule has 19 N–H and O–H groups in total. The number of aliphatic hydroxyl groups is 17. The fourth-order valence-corrected chi connectivity index (χ4v) is 11.0. The summed E-state index contributed by atoms with van der Waals surface area (Å²) in [4.78, 5) is 17.7. The lowest BCUT2D eigenvalue weighted by atomic mass is 9.82. The highest BCUT2D eigenvalue weighted by atomic mass is 16.7. The van der Waals surface area contributed by atoms with Gasteiger partial charge in [0.1, 0.15) is 36.6 Å². The van der Waals surface area contributed by atoms with Crippen molar-refractivity contribution in [3.05, 3.63) is 59.8 Å². The fraction of sp³-hybridized carbons (Fsp3) is 0.812. The van der Waals surface area contributed by atoms with Crippen molar-refractivity contribution in [2.24, 2.45) is 46.4 Å². The number of aliphatic hydroxyl groups excluding tert-OH is 17. The molecule has 2 heterocycles. The smallest absolute Gasteiger partial charge is 0.333 e. The average Bonchev–Trinajstić information content (AvgIpc) is 1.20. The number of cyclic esters (lactones) is 1. The Bertz CT molecular complexity index is 2130. The minimum atomic E-state index is -1.88. The molecule has 0 saturated carbocycles. The molecule has 0 aromatic heterocycles. The highest BCUT2D eigenvalue weighted by Gasteiger charge is 2.46. The largest absolute Gasteiger partial charge is 0.458 e. The van der Waals surface area contributed by atoms with Gasteiger partial charge in [0, 0.05) is 81.0 Å². The average molecular weight is 1260 g/mol. The summed E-state index contributed by atoms with van der Waals surface area (Å²) < 4.78 is 17.5. The Kier molecular flexibility index (Phi) is 37.9. The van der Waals surface area contributed by atoms with E-state index in [1.165, 1.54) is 39.0 Å². The van der Waals surface area contributed by atoms with Crippen LogP contribution in [0.3, 0.4) is 0 Å². The zero-order valence-electron chi connectivity index (χ0n) is 53.8. The summed E-state index contributed by atoms with van der Waals surface area (Å²) in [7, 11) is 3.36. The Morgan fingerprint density at radius 3 is 1.86 bits per heavy atom. The predicted octanol–water partition coefficient (Wildman–Crippen LogP) is 0.279. The van der Waals surface area contributed by atoms with Crippen molar-refractivity contribution < 1.29 is 106 Å². The minimum absolute atomic E-state index is 0.0840. The van der Waals surface area contributed by atoms with Gasteiger partial charge in [-0.3, -0.25) is 4.99 Å². The van der Waals surface area contributed by atoms with E-state index in [4.69, 9.17) is 14.2 Å². The van der Waals surface area contributed by atoms with Gasteiger partial charge >= 0.3 is 5.97 Å². The molecule has 2 aliphatic heterocycles. The number of hydrogen-bond acceptors (Lipinski definition) is 22. The van der Waals surface area contributed by atoms with E-state index in [2.05, 4.69) is 15.6 Å². The molecule has 0 radical (unpaired) electrons. The van der Waals surface area contributed by atoms with Gasteiger partial charge in [-0.05, 0) is 83.1 Å². The van der Waals surface area contributed by atoms with Crippen LogP contribution in [-0.4, -0.2) is 248 Å². The number of nitrogens with zero attached hydrogens (tertiary/aromatic N) is 1. The Morgan fingerprint density at radius 2 is 1.27 bits per heavy atom. The molecule has 0 aromatic carbocycles. The van der Waals surface area contributed by atoms with Gasteiger partial charge in [-0.2, -0.15) is 0 Å². The van der Waals surface area contributed by atoms with Crippen LogP contribution >= 0.6 is 0 Å². The van der Waals surface area contributed by atoms with E-state index in [0.29, 0.717) is 56.6 Å². The van der Waals surface area contributed by atoms with Crippen LogP contribution in [0.1, 0.15) is 139 Å². The van der Waals surface area contributed by atoms with Crippen LogP contribution in [0.15, 0.2) is 64.7 Å². The number of hydrogen-bond donors (Lipinski definition) is 19. The third-order valence-electron chi connectivity index (χ3n) is 17.8. The quantitative estimate of drug-likeness (QED) is 0.0485. The standard InChI is InChI=1S/C64H115N3O21/c1-34-17-12-13-21-49(75)40(7)57(80)35(2)18-14-19-37(4)62(85)86-53(39(6)48(74)22-16-26-67-64(65-10)66-11)23-15-20-43(69)28-44(70)30-50(76)41(8)58(81)42(9)51(77)31-45(71)29-46(72)32-52(78)54(27-38(5)56(79)36(3)24-25-47(34)73)87-63-61(84)60(83)59(82)55(33-68)88-63/h12,15,17,19-20,24-25,27,34-36,39-61,63,68-84H,13-14,16,18,21-23,26,28-33H2,1-11H3,(H2,65,66,67)/t34-,35-,36-,39+,40-,41-,42-,43+,44-,45-,46-,47-,48+,49-,50+,51-,52+,53-,54-,55+,56+,57+,58-,59+,60-,61-,63-/m0/s1. The summed E-state index contributed by atoms with van der Waals surface area (Å²) in [5.41, 5.74) is 0.529. The Balaban J connectivity index is 2.45. The zero-order valence-corrected chi connectivity index (χ0v) is 53.8. The van der Waals surface area contributed by atoms with Gasteiger partial charge < -0.3 is 112 Å². The molecule has 0 amide bonds. The molecular formula is C64H115N3O21. The van der Waals surface area contributed by atoms with E-state index in [9.17, 15) is 91.6 Å². The van der Waals surface area contributed by atoms with E-state index in [1.807, 2.05) is 13.0 Å². The topological polar surface area (TPSA) is 425 Å². The summed E-state index contributed by atoms with van der Waals surface area (Å²) in [6.07, 6.45) is -13.3. The van der Waals surface area contributed by atoms with E-state index in [1.54, 1.807) is 73.0 Å². The van der Waals surface area contributed by atoms with Crippen molar-refractivity contribution in [1.29, 1.82) is 0 Å². The minimum Gasteiger partial charge on any atom is -0.458 e. The van der Waals surface area contributed by atoms with Gasteiger partial charge in [0.2, 0.25) is 0 Å². The number of guanidine groups is 1. The van der Waals surface area contributed by atoms with Crippen LogP contribution in [0.2, 0.25) is 0 Å². The molecule has 27 atom stereocenters. The third kappa shape index (κ3) is 27.5. The van der Waals surface area contributed by atoms with Crippen LogP contribution < -0.4 is 10.6 Å². The number of carbonyl (C=O) groups is 1. The van der Waals surface area contributed by atoms with Crippen LogP contribution in [0.4, 0.5) is 0 Å². The Morgan fingerprint density at radius 1 is 0.682 bits per heavy atom. The van der Waals surface area contributed by atoms with Crippen molar-refractivity contribution in [2.45, 2.75) is 262 Å². The SMILES string of the molecule is CN=C(NC)NCCC[C@@H](O)[C@@H](C)[C@@H]1CC=C[C@@H](O)C[C@H](O)C[C@@H](O)[C@H](C)[C@H](O)[C@@H](C)[C@@H](O)C[C@@H](O)C[C@H](O)C[C@@H](O)[C@@H](O[C@H]2O[C@H](CO)[C@@H](O)[C@H](O)[C@@H]2O)C=C(C)[C@H](O)[C@@H](C)C=C[C@H](O)[C@@H](C)C=CCC[C@H](O)[C@H](C)[C@H](O)[C@@H](C)CCC=C(C)C(=O)O1. The van der Waals surface area contributed by atoms with Crippen LogP contribution in [0, 0.1) is 41.4 Å². The molecule has 1 fully saturated rings. The maximum Gasteiger partial charge on any atom is 0.333 e. The molecule has 0 bridgehead atoms. The fourth-order valence-electron chi connectivity index (χ4n) is 11.0. The summed E-state index contributed by atoms with van der Waals surface area (Å²) >= 11 is 0. The first-order valence-corrected chi connectivity index (χ1v) is 31.6. The number of ether oxygens (including phenoxy) is 3. The lowest BCUT2D eigenvalue weighted by Gasteiger charge is -2.41. The third-order valence-corrected chi connectivity index (χ3v) is 17.8. The van der Waals surface area contributed by atoms with E-state index in [-0.39, 0.29) is 37.2 Å². The first kappa shape index (κ1) is 80.8. The highest BCUT2D eigenvalue weighted by Crippen LogP contribution is 2.30. The maximum absolute atomic E-state index is 13.6. The van der Waals surface area contributed by atoms with E-state index >= 15 is 0 Å². The summed E-state index contributed by atoms with van der Waals surface area (Å²) in [6.45, 7) is 14.7. The molecule has 2 aliphatic rings. The first-order valence-electron chi connectivity index (χ1n) is 31.6. The number of allylic oxidation sites excluding steroid dienone is 2. The van der Waals surface area contributed by atoms with Gasteiger partial charge in [0.05, 0.1) is 86.0 Å². The monoisotopic (exact) mass is 1260 g/mol. The van der Waals surface area contributed by atoms with Crippen LogP contribution in [0.25, 0.3) is 0 Å². The summed E-state index contributed by atoms with van der Waals surface area (Å²) in [5, 5.41) is 193. The van der Waals surface area contributed by atoms with Gasteiger partial charge in [-0.15, -0.1) is 0 Å². The number of carbonyl (C=O) groups excluding carboxylic acids is 1. The number of nitrogens with one attached hydrogen (secondary N) is 2. The van der Waals surface area contributed by atoms with Crippen molar-refractivity contribution in [3.8, 4) is 0 Å². The second-order valence-electron chi connectivity index (χ2n) is 25.2. The number of esters is 1. The molecule has 0 aromatic rings. The van der Waals surface area contributed by atoms with Crippen molar-refractivity contribution in [1.82, 2.24) is 10.6 Å². The van der Waals surface area contributed by atoms with Crippen LogP contribution in [0.5, 0.6) is 0 Å². The van der Waals surface area contributed by atoms with Crippen molar-refractivity contribution >= 4 is 11.9 Å². The van der Waals surface area contributed by atoms with Crippen molar-refractivity contribution in [3.63, 3.8) is 0 Å². The predicted molar refractivity (Wildman–Crippen MR) is 332 cm³/mol. The van der Waals surface area contributed by atoms with Crippen molar-refractivity contribution in [2.75, 3.05) is 27.2 Å². The molecule has 24 heteroatoms. The normalized spacial score (nSPS) is 40.2. The Hall–Kier alpha value is -3.32. The lowest BCUT2D eigenvalue weighted by molar-refractivity contribution is -0.313.